The van der Waals surface area contributed by atoms with Gasteiger partial charge in [0.15, 0.2) is 0 Å². The molecule has 4 heteroatoms. The number of halogens is 1. The van der Waals surface area contributed by atoms with Gasteiger partial charge in [-0.1, -0.05) is 35.9 Å². The molecule has 0 unspecified atom stereocenters. The van der Waals surface area contributed by atoms with E-state index >= 15 is 0 Å². The second kappa shape index (κ2) is 5.21. The number of carboxylic acids is 1. The minimum Gasteiger partial charge on any atom is -0.478 e. The summed E-state index contributed by atoms with van der Waals surface area (Å²) in [4.78, 5) is 10.7. The molecular formula is C14H12ClNO2. The maximum atomic E-state index is 10.7. The highest BCUT2D eigenvalue weighted by atomic mass is 35.5. The Bertz CT molecular complexity index is 549. The molecule has 0 saturated heterocycles. The normalized spacial score (nSPS) is 12.1. The molecule has 1 atom stereocenters. The Balaban J connectivity index is 2.25. The standard InChI is InChI=1S/C14H12ClNO2/c15-12-7-5-10(6-8-12)13(16)9-1-3-11(4-2-9)14(17)18/h1-8,13H,16H2,(H,17,18)/t13-/m1/s1. The lowest BCUT2D eigenvalue weighted by molar-refractivity contribution is 0.0697. The quantitative estimate of drug-likeness (QED) is 0.892. The van der Waals surface area contributed by atoms with Gasteiger partial charge in [-0.3, -0.25) is 0 Å². The summed E-state index contributed by atoms with van der Waals surface area (Å²) in [6.07, 6.45) is 0. The summed E-state index contributed by atoms with van der Waals surface area (Å²) in [6.45, 7) is 0. The average Bonchev–Trinajstić information content (AvgIpc) is 2.39. The van der Waals surface area contributed by atoms with E-state index in [2.05, 4.69) is 0 Å². The highest BCUT2D eigenvalue weighted by molar-refractivity contribution is 6.30. The summed E-state index contributed by atoms with van der Waals surface area (Å²) in [6, 6.07) is 13.5. The first kappa shape index (κ1) is 12.6. The molecule has 18 heavy (non-hydrogen) atoms. The first-order chi connectivity index (χ1) is 8.58. The molecule has 92 valence electrons. The summed E-state index contributed by atoms with van der Waals surface area (Å²) in [5, 5.41) is 9.48. The first-order valence-electron chi connectivity index (χ1n) is 5.42. The summed E-state index contributed by atoms with van der Waals surface area (Å²) < 4.78 is 0. The topological polar surface area (TPSA) is 63.3 Å². The van der Waals surface area contributed by atoms with Crippen LogP contribution in [-0.4, -0.2) is 11.1 Å². The van der Waals surface area contributed by atoms with Crippen molar-refractivity contribution < 1.29 is 9.90 Å². The molecule has 0 aliphatic heterocycles. The van der Waals surface area contributed by atoms with E-state index in [9.17, 15) is 4.79 Å². The van der Waals surface area contributed by atoms with Gasteiger partial charge in [0.2, 0.25) is 0 Å². The van der Waals surface area contributed by atoms with Crippen LogP contribution in [0.4, 0.5) is 0 Å². The van der Waals surface area contributed by atoms with Crippen LogP contribution >= 0.6 is 11.6 Å². The van der Waals surface area contributed by atoms with Gasteiger partial charge in [0.1, 0.15) is 0 Å². The largest absolute Gasteiger partial charge is 0.478 e. The summed E-state index contributed by atoms with van der Waals surface area (Å²) in [5.74, 6) is -0.943. The summed E-state index contributed by atoms with van der Waals surface area (Å²) in [7, 11) is 0. The van der Waals surface area contributed by atoms with E-state index < -0.39 is 5.97 Å². The number of carbonyl (C=O) groups is 1. The van der Waals surface area contributed by atoms with Crippen LogP contribution in [0, 0.1) is 0 Å². The van der Waals surface area contributed by atoms with Crippen LogP contribution in [-0.2, 0) is 0 Å². The predicted octanol–water partition coefficient (Wildman–Crippen LogP) is 3.09. The minimum atomic E-state index is -0.943. The molecule has 3 nitrogen and oxygen atoms in total. The highest BCUT2D eigenvalue weighted by Crippen LogP contribution is 2.21. The average molecular weight is 262 g/mol. The van der Waals surface area contributed by atoms with Gasteiger partial charge in [-0.25, -0.2) is 4.79 Å². The van der Waals surface area contributed by atoms with Crippen molar-refractivity contribution in [3.8, 4) is 0 Å². The van der Waals surface area contributed by atoms with Gasteiger partial charge >= 0.3 is 5.97 Å². The zero-order chi connectivity index (χ0) is 13.1. The van der Waals surface area contributed by atoms with E-state index in [1.807, 2.05) is 12.1 Å². The van der Waals surface area contributed by atoms with Crippen molar-refractivity contribution in [3.05, 3.63) is 70.2 Å². The van der Waals surface area contributed by atoms with Crippen LogP contribution in [0.1, 0.15) is 27.5 Å². The molecule has 0 amide bonds. The molecule has 0 fully saturated rings. The molecule has 0 aromatic heterocycles. The van der Waals surface area contributed by atoms with Crippen LogP contribution in [0.25, 0.3) is 0 Å². The molecule has 0 saturated carbocycles. The van der Waals surface area contributed by atoms with Crippen molar-refractivity contribution in [2.45, 2.75) is 6.04 Å². The fourth-order valence-corrected chi connectivity index (χ4v) is 1.82. The van der Waals surface area contributed by atoms with Crippen molar-refractivity contribution in [3.63, 3.8) is 0 Å². The number of hydrogen-bond acceptors (Lipinski definition) is 2. The zero-order valence-corrected chi connectivity index (χ0v) is 10.3. The Hall–Kier alpha value is -1.84. The van der Waals surface area contributed by atoms with Crippen molar-refractivity contribution in [2.75, 3.05) is 0 Å². The molecule has 0 aliphatic rings. The SMILES string of the molecule is N[C@@H](c1ccc(Cl)cc1)c1ccc(C(=O)O)cc1. The van der Waals surface area contributed by atoms with Gasteiger partial charge in [0.25, 0.3) is 0 Å². The molecule has 3 N–H and O–H groups in total. The fraction of sp³-hybridized carbons (Fsp3) is 0.0714. The third-order valence-corrected chi connectivity index (χ3v) is 3.00. The fourth-order valence-electron chi connectivity index (χ4n) is 1.70. The molecule has 0 heterocycles. The second-order valence-corrected chi connectivity index (χ2v) is 4.39. The van der Waals surface area contributed by atoms with E-state index in [1.165, 1.54) is 0 Å². The minimum absolute atomic E-state index is 0.252. The maximum absolute atomic E-state index is 10.7. The molecule has 0 bridgehead atoms. The van der Waals surface area contributed by atoms with E-state index in [1.54, 1.807) is 36.4 Å². The van der Waals surface area contributed by atoms with Crippen LogP contribution in [0.5, 0.6) is 0 Å². The lowest BCUT2D eigenvalue weighted by Crippen LogP contribution is -2.11. The van der Waals surface area contributed by atoms with E-state index in [-0.39, 0.29) is 11.6 Å². The van der Waals surface area contributed by atoms with Gasteiger partial charge < -0.3 is 10.8 Å². The molecule has 2 aromatic carbocycles. The van der Waals surface area contributed by atoms with E-state index in [0.717, 1.165) is 11.1 Å². The molecule has 2 aromatic rings. The number of rotatable bonds is 3. The Morgan fingerprint density at radius 1 is 1.00 bits per heavy atom. The van der Waals surface area contributed by atoms with Crippen molar-refractivity contribution >= 4 is 17.6 Å². The zero-order valence-electron chi connectivity index (χ0n) is 9.51. The van der Waals surface area contributed by atoms with Crippen LogP contribution < -0.4 is 5.73 Å². The molecule has 0 aliphatic carbocycles. The van der Waals surface area contributed by atoms with Gasteiger partial charge in [0, 0.05) is 5.02 Å². The van der Waals surface area contributed by atoms with Gasteiger partial charge in [-0.05, 0) is 35.4 Å². The number of carboxylic acid groups (broad SMARTS) is 1. The highest BCUT2D eigenvalue weighted by Gasteiger charge is 2.09. The van der Waals surface area contributed by atoms with Gasteiger partial charge in [0.05, 0.1) is 11.6 Å². The first-order valence-corrected chi connectivity index (χ1v) is 5.80. The second-order valence-electron chi connectivity index (χ2n) is 3.96. The van der Waals surface area contributed by atoms with Crippen LogP contribution in [0.15, 0.2) is 48.5 Å². The third-order valence-electron chi connectivity index (χ3n) is 2.75. The number of nitrogens with two attached hydrogens (primary N) is 1. The van der Waals surface area contributed by atoms with Gasteiger partial charge in [-0.2, -0.15) is 0 Å². The lowest BCUT2D eigenvalue weighted by Gasteiger charge is -2.12. The maximum Gasteiger partial charge on any atom is 0.335 e. The number of aromatic carboxylic acids is 1. The smallest absolute Gasteiger partial charge is 0.335 e. The van der Waals surface area contributed by atoms with Gasteiger partial charge in [-0.15, -0.1) is 0 Å². The monoisotopic (exact) mass is 261 g/mol. The summed E-state index contributed by atoms with van der Waals surface area (Å²) >= 11 is 5.81. The lowest BCUT2D eigenvalue weighted by atomic mass is 9.99. The molecule has 0 spiro atoms. The molecular weight excluding hydrogens is 250 g/mol. The Morgan fingerprint density at radius 2 is 1.44 bits per heavy atom. The molecule has 0 radical (unpaired) electrons. The Kier molecular flexibility index (Phi) is 3.65. The Morgan fingerprint density at radius 3 is 1.89 bits per heavy atom. The van der Waals surface area contributed by atoms with Crippen molar-refractivity contribution in [1.82, 2.24) is 0 Å². The van der Waals surface area contributed by atoms with Crippen LogP contribution in [0.2, 0.25) is 5.02 Å². The Labute approximate surface area is 110 Å². The van der Waals surface area contributed by atoms with Crippen LogP contribution in [0.3, 0.4) is 0 Å². The molecule has 2 rings (SSSR count). The number of benzene rings is 2. The third kappa shape index (κ3) is 2.70. The number of hydrogen-bond donors (Lipinski definition) is 2. The summed E-state index contributed by atoms with van der Waals surface area (Å²) in [5.41, 5.74) is 8.15. The van der Waals surface area contributed by atoms with E-state index in [0.29, 0.717) is 5.02 Å². The van der Waals surface area contributed by atoms with Crippen molar-refractivity contribution in [1.29, 1.82) is 0 Å². The predicted molar refractivity (Wildman–Crippen MR) is 70.9 cm³/mol. The van der Waals surface area contributed by atoms with E-state index in [4.69, 9.17) is 22.4 Å². The van der Waals surface area contributed by atoms with Crippen molar-refractivity contribution in [2.24, 2.45) is 5.73 Å².